The Morgan fingerprint density at radius 2 is 2.03 bits per heavy atom. The number of furan rings is 1. The minimum Gasteiger partial charge on any atom is -0.467 e. The second-order valence-corrected chi connectivity index (χ2v) is 9.14. The van der Waals surface area contributed by atoms with E-state index in [2.05, 4.69) is 15.7 Å². The minimum absolute atomic E-state index is 0.0535. The van der Waals surface area contributed by atoms with Crippen molar-refractivity contribution in [2.24, 2.45) is 5.92 Å². The maximum atomic E-state index is 13.2. The van der Waals surface area contributed by atoms with Crippen LogP contribution >= 0.6 is 11.8 Å². The molecule has 5 rings (SSSR count). The van der Waals surface area contributed by atoms with Crippen LogP contribution in [-0.2, 0) is 39.0 Å². The van der Waals surface area contributed by atoms with Gasteiger partial charge in [-0.15, -0.1) is 0 Å². The molecule has 2 aromatic heterocycles. The summed E-state index contributed by atoms with van der Waals surface area (Å²) in [4.78, 5) is 39.6. The smallest absolute Gasteiger partial charge is 0.242 e. The molecule has 34 heavy (non-hydrogen) atoms. The molecule has 176 valence electrons. The summed E-state index contributed by atoms with van der Waals surface area (Å²) in [5.74, 6) is 0.788. The van der Waals surface area contributed by atoms with E-state index in [1.54, 1.807) is 23.9 Å². The van der Waals surface area contributed by atoms with Gasteiger partial charge in [-0.25, -0.2) is 9.07 Å². The van der Waals surface area contributed by atoms with Gasteiger partial charge in [-0.05, 0) is 36.4 Å². The third-order valence-corrected chi connectivity index (χ3v) is 6.80. The fourth-order valence-corrected chi connectivity index (χ4v) is 5.12. The molecule has 0 bridgehead atoms. The lowest BCUT2D eigenvalue weighted by Gasteiger charge is -2.17. The predicted molar refractivity (Wildman–Crippen MR) is 123 cm³/mol. The predicted octanol–water partition coefficient (Wildman–Crippen LogP) is 2.67. The van der Waals surface area contributed by atoms with Gasteiger partial charge in [0.15, 0.2) is 0 Å². The SMILES string of the molecule is O=C(Cn1nc2c(c1NC(=O)C1CC(=O)N(c3ccc(F)cc3)C1)CSC2)NCc1ccco1. The number of anilines is 2. The minimum atomic E-state index is -0.571. The molecule has 0 aliphatic carbocycles. The van der Waals surface area contributed by atoms with Gasteiger partial charge in [-0.1, -0.05) is 0 Å². The monoisotopic (exact) mass is 483 g/mol. The average molecular weight is 484 g/mol. The third-order valence-electron chi connectivity index (χ3n) is 5.83. The normalized spacial score (nSPS) is 17.1. The Kier molecular flexibility index (Phi) is 6.10. The largest absolute Gasteiger partial charge is 0.467 e. The molecule has 2 aliphatic rings. The number of carbonyl (C=O) groups excluding carboxylic acids is 3. The number of fused-ring (bicyclic) bond motifs is 1. The molecule has 2 N–H and O–H groups in total. The Morgan fingerprint density at radius 3 is 2.79 bits per heavy atom. The Hall–Kier alpha value is -3.60. The van der Waals surface area contributed by atoms with Crippen LogP contribution in [0.5, 0.6) is 0 Å². The van der Waals surface area contributed by atoms with Crippen LogP contribution in [0, 0.1) is 11.7 Å². The van der Waals surface area contributed by atoms with Crippen molar-refractivity contribution < 1.29 is 23.2 Å². The van der Waals surface area contributed by atoms with E-state index in [1.807, 2.05) is 0 Å². The van der Waals surface area contributed by atoms with Crippen molar-refractivity contribution in [3.8, 4) is 0 Å². The molecular weight excluding hydrogens is 461 g/mol. The first-order valence-electron chi connectivity index (χ1n) is 10.8. The highest BCUT2D eigenvalue weighted by atomic mass is 32.2. The van der Waals surface area contributed by atoms with Crippen LogP contribution < -0.4 is 15.5 Å². The number of amides is 3. The molecule has 4 heterocycles. The van der Waals surface area contributed by atoms with Crippen molar-refractivity contribution in [2.75, 3.05) is 16.8 Å². The molecular formula is C23H22FN5O4S. The average Bonchev–Trinajstić information content (AvgIpc) is 3.60. The molecule has 3 aromatic rings. The first-order valence-corrected chi connectivity index (χ1v) is 12.0. The second-order valence-electron chi connectivity index (χ2n) is 8.15. The number of nitrogens with zero attached hydrogens (tertiary/aromatic N) is 3. The maximum Gasteiger partial charge on any atom is 0.242 e. The Bertz CT molecular complexity index is 1220. The number of hydrogen-bond acceptors (Lipinski definition) is 6. The first-order chi connectivity index (χ1) is 16.5. The summed E-state index contributed by atoms with van der Waals surface area (Å²) in [5.41, 5.74) is 2.30. The van der Waals surface area contributed by atoms with Crippen LogP contribution in [-0.4, -0.2) is 34.0 Å². The van der Waals surface area contributed by atoms with Crippen molar-refractivity contribution in [3.63, 3.8) is 0 Å². The summed E-state index contributed by atoms with van der Waals surface area (Å²) < 4.78 is 20.0. The van der Waals surface area contributed by atoms with Crippen molar-refractivity contribution in [1.29, 1.82) is 0 Å². The molecule has 1 fully saturated rings. The van der Waals surface area contributed by atoms with E-state index >= 15 is 0 Å². The Labute approximate surface area is 198 Å². The van der Waals surface area contributed by atoms with E-state index in [9.17, 15) is 18.8 Å². The zero-order chi connectivity index (χ0) is 23.7. The lowest BCUT2D eigenvalue weighted by atomic mass is 10.1. The summed E-state index contributed by atoms with van der Waals surface area (Å²) in [7, 11) is 0. The molecule has 11 heteroatoms. The van der Waals surface area contributed by atoms with Crippen LogP contribution in [0.1, 0.15) is 23.4 Å². The fourth-order valence-electron chi connectivity index (χ4n) is 4.08. The van der Waals surface area contributed by atoms with Crippen molar-refractivity contribution in [2.45, 2.75) is 31.0 Å². The van der Waals surface area contributed by atoms with Gasteiger partial charge in [0, 0.05) is 35.7 Å². The van der Waals surface area contributed by atoms with E-state index in [4.69, 9.17) is 4.42 Å². The highest BCUT2D eigenvalue weighted by Crippen LogP contribution is 2.35. The number of benzene rings is 1. The van der Waals surface area contributed by atoms with Crippen LogP contribution in [0.3, 0.4) is 0 Å². The van der Waals surface area contributed by atoms with Gasteiger partial charge in [-0.2, -0.15) is 16.9 Å². The van der Waals surface area contributed by atoms with E-state index in [1.165, 1.54) is 40.1 Å². The number of carbonyl (C=O) groups is 3. The number of hydrogen-bond donors (Lipinski definition) is 2. The molecule has 9 nitrogen and oxygen atoms in total. The Morgan fingerprint density at radius 1 is 1.21 bits per heavy atom. The molecule has 0 spiro atoms. The van der Waals surface area contributed by atoms with E-state index in [-0.39, 0.29) is 43.8 Å². The highest BCUT2D eigenvalue weighted by molar-refractivity contribution is 7.98. The van der Waals surface area contributed by atoms with Crippen molar-refractivity contribution in [1.82, 2.24) is 15.1 Å². The lowest BCUT2D eigenvalue weighted by molar-refractivity contribution is -0.123. The van der Waals surface area contributed by atoms with E-state index in [0.717, 1.165) is 11.3 Å². The summed E-state index contributed by atoms with van der Waals surface area (Å²) >= 11 is 1.69. The molecule has 1 unspecified atom stereocenters. The van der Waals surface area contributed by atoms with Crippen LogP contribution in [0.4, 0.5) is 15.9 Å². The lowest BCUT2D eigenvalue weighted by Crippen LogP contribution is -2.31. The summed E-state index contributed by atoms with van der Waals surface area (Å²) in [6.07, 6.45) is 1.59. The van der Waals surface area contributed by atoms with Gasteiger partial charge in [-0.3, -0.25) is 14.4 Å². The van der Waals surface area contributed by atoms with Gasteiger partial charge >= 0.3 is 0 Å². The fraction of sp³-hybridized carbons (Fsp3) is 0.304. The number of thioether (sulfide) groups is 1. The summed E-state index contributed by atoms with van der Waals surface area (Å²) in [5, 5.41) is 10.2. The van der Waals surface area contributed by atoms with Gasteiger partial charge in [0.2, 0.25) is 17.7 Å². The molecule has 1 atom stereocenters. The molecule has 0 radical (unpaired) electrons. The molecule has 3 amide bonds. The van der Waals surface area contributed by atoms with E-state index < -0.39 is 11.7 Å². The summed E-state index contributed by atoms with van der Waals surface area (Å²) in [6.45, 7) is 0.401. The Balaban J connectivity index is 1.27. The number of nitrogens with one attached hydrogen (secondary N) is 2. The third kappa shape index (κ3) is 4.56. The van der Waals surface area contributed by atoms with Crippen molar-refractivity contribution >= 4 is 41.0 Å². The van der Waals surface area contributed by atoms with Crippen molar-refractivity contribution in [3.05, 3.63) is 65.5 Å². The van der Waals surface area contributed by atoms with Crippen LogP contribution in [0.2, 0.25) is 0 Å². The molecule has 2 aliphatic heterocycles. The van der Waals surface area contributed by atoms with Crippen LogP contribution in [0.15, 0.2) is 47.1 Å². The van der Waals surface area contributed by atoms with Gasteiger partial charge in [0.05, 0.1) is 24.4 Å². The van der Waals surface area contributed by atoms with Gasteiger partial charge in [0.25, 0.3) is 0 Å². The number of aromatic nitrogens is 2. The molecule has 0 saturated carbocycles. The van der Waals surface area contributed by atoms with E-state index in [0.29, 0.717) is 28.8 Å². The second kappa shape index (κ2) is 9.34. The number of rotatable bonds is 7. The topological polar surface area (TPSA) is 109 Å². The quantitative estimate of drug-likeness (QED) is 0.535. The zero-order valence-corrected chi connectivity index (χ0v) is 18.9. The number of halogens is 1. The highest BCUT2D eigenvalue weighted by Gasteiger charge is 2.36. The summed E-state index contributed by atoms with van der Waals surface area (Å²) in [6, 6.07) is 9.13. The first kappa shape index (κ1) is 22.2. The molecule has 1 saturated heterocycles. The van der Waals surface area contributed by atoms with Gasteiger partial charge in [0.1, 0.15) is 23.9 Å². The van der Waals surface area contributed by atoms with Crippen LogP contribution in [0.25, 0.3) is 0 Å². The standard InChI is InChI=1S/C23H22FN5O4S/c24-15-3-5-16(6-4-15)28-10-14(8-21(28)31)23(32)26-22-18-12-34-13-19(18)27-29(22)11-20(30)25-9-17-2-1-7-33-17/h1-7,14H,8-13H2,(H,25,30)(H,26,32). The van der Waals surface area contributed by atoms with Gasteiger partial charge < -0.3 is 20.0 Å². The maximum absolute atomic E-state index is 13.2. The zero-order valence-electron chi connectivity index (χ0n) is 18.1. The molecule has 1 aromatic carbocycles.